The second-order valence-corrected chi connectivity index (χ2v) is 7.65. The molecule has 0 spiro atoms. The van der Waals surface area contributed by atoms with Gasteiger partial charge in [0.15, 0.2) is 0 Å². The van der Waals surface area contributed by atoms with Gasteiger partial charge in [-0.05, 0) is 47.3 Å². The van der Waals surface area contributed by atoms with E-state index in [1.54, 1.807) is 0 Å². The van der Waals surface area contributed by atoms with Crippen LogP contribution in [0.15, 0.2) is 27.8 Å². The van der Waals surface area contributed by atoms with E-state index in [1.165, 1.54) is 0 Å². The van der Waals surface area contributed by atoms with E-state index in [0.717, 1.165) is 28.8 Å². The van der Waals surface area contributed by atoms with Crippen LogP contribution in [0.2, 0.25) is 0 Å². The number of aliphatic hydroxyl groups is 1. The number of aromatic nitrogens is 1. The van der Waals surface area contributed by atoms with Crippen LogP contribution < -0.4 is 5.32 Å². The van der Waals surface area contributed by atoms with Crippen molar-refractivity contribution in [3.8, 4) is 0 Å². The highest BCUT2D eigenvalue weighted by molar-refractivity contribution is 9.10. The maximum Gasteiger partial charge on any atom is 0.110 e. The molecule has 2 N–H and O–H groups in total. The molecule has 0 aromatic carbocycles. The third kappa shape index (κ3) is 3.94. The Balaban J connectivity index is 2.00. The summed E-state index contributed by atoms with van der Waals surface area (Å²) in [6.45, 7) is 4.48. The summed E-state index contributed by atoms with van der Waals surface area (Å²) in [4.78, 5) is 4.41. The molecule has 19 heavy (non-hydrogen) atoms. The zero-order valence-corrected chi connectivity index (χ0v) is 13.8. The van der Waals surface area contributed by atoms with Crippen LogP contribution >= 0.6 is 27.7 Å². The first kappa shape index (κ1) is 15.3. The molecule has 1 heterocycles. The zero-order valence-electron chi connectivity index (χ0n) is 11.4. The lowest BCUT2D eigenvalue weighted by molar-refractivity contribution is 0.156. The highest BCUT2D eigenvalue weighted by atomic mass is 79.9. The molecule has 2 rings (SSSR count). The van der Waals surface area contributed by atoms with Crippen LogP contribution in [0.25, 0.3) is 0 Å². The number of hydrogen-bond donors (Lipinski definition) is 2. The lowest BCUT2D eigenvalue weighted by atomic mass is 9.98. The maximum atomic E-state index is 9.71. The molecule has 0 aliphatic heterocycles. The minimum atomic E-state index is -0.104. The van der Waals surface area contributed by atoms with Crippen LogP contribution in [0.1, 0.15) is 33.1 Å². The predicted molar refractivity (Wildman–Crippen MR) is 83.5 cm³/mol. The van der Waals surface area contributed by atoms with E-state index in [1.807, 2.05) is 30.1 Å². The van der Waals surface area contributed by atoms with E-state index in [4.69, 9.17) is 0 Å². The third-order valence-electron chi connectivity index (χ3n) is 3.46. The average molecular weight is 345 g/mol. The van der Waals surface area contributed by atoms with Crippen molar-refractivity contribution in [1.29, 1.82) is 0 Å². The summed E-state index contributed by atoms with van der Waals surface area (Å²) >= 11 is 5.35. The average Bonchev–Trinajstić information content (AvgIpc) is 2.75. The monoisotopic (exact) mass is 344 g/mol. The van der Waals surface area contributed by atoms with E-state index in [-0.39, 0.29) is 12.1 Å². The fourth-order valence-electron chi connectivity index (χ4n) is 2.73. The Labute approximate surface area is 127 Å². The van der Waals surface area contributed by atoms with E-state index >= 15 is 0 Å². The summed E-state index contributed by atoms with van der Waals surface area (Å²) < 4.78 is 1.05. The van der Waals surface area contributed by atoms with Crippen LogP contribution in [0.4, 0.5) is 0 Å². The number of nitrogens with zero attached hydrogens (tertiary/aromatic N) is 1. The molecule has 1 aliphatic carbocycles. The molecule has 1 aromatic heterocycles. The van der Waals surface area contributed by atoms with Gasteiger partial charge in [0.25, 0.3) is 0 Å². The van der Waals surface area contributed by atoms with Crippen molar-refractivity contribution in [2.45, 2.75) is 55.0 Å². The van der Waals surface area contributed by atoms with Crippen molar-refractivity contribution in [2.24, 2.45) is 0 Å². The van der Waals surface area contributed by atoms with Crippen molar-refractivity contribution in [3.63, 3.8) is 0 Å². The Morgan fingerprint density at radius 2 is 2.42 bits per heavy atom. The van der Waals surface area contributed by atoms with Crippen LogP contribution in [0.3, 0.4) is 0 Å². The highest BCUT2D eigenvalue weighted by Crippen LogP contribution is 2.41. The van der Waals surface area contributed by atoms with E-state index in [2.05, 4.69) is 40.1 Å². The smallest absolute Gasteiger partial charge is 0.110 e. The Morgan fingerprint density at radius 1 is 1.63 bits per heavy atom. The molecular weight excluding hydrogens is 324 g/mol. The molecule has 2 atom stereocenters. The van der Waals surface area contributed by atoms with Gasteiger partial charge in [-0.3, -0.25) is 0 Å². The fourth-order valence-corrected chi connectivity index (χ4v) is 4.52. The van der Waals surface area contributed by atoms with Crippen molar-refractivity contribution >= 4 is 27.7 Å². The van der Waals surface area contributed by atoms with Gasteiger partial charge in [0.1, 0.15) is 5.03 Å². The molecule has 1 aliphatic rings. The molecule has 0 amide bonds. The Hall–Kier alpha value is -0.100. The summed E-state index contributed by atoms with van der Waals surface area (Å²) in [7, 11) is 0. The molecule has 0 bridgehead atoms. The SMILES string of the molecule is CC(C)NC1(CO)CCC(Sc2ncccc2Br)C1. The molecule has 1 fully saturated rings. The standard InChI is InChI=1S/C14H21BrN2OS/c1-10(2)17-14(9-18)6-5-11(8-14)19-13-12(15)4-3-7-16-13/h3-4,7,10-11,17-18H,5-6,8-9H2,1-2H3. The molecular formula is C14H21BrN2OS. The van der Waals surface area contributed by atoms with Gasteiger partial charge in [0.05, 0.1) is 6.61 Å². The number of hydrogen-bond acceptors (Lipinski definition) is 4. The van der Waals surface area contributed by atoms with Crippen molar-refractivity contribution in [2.75, 3.05) is 6.61 Å². The van der Waals surface area contributed by atoms with Gasteiger partial charge in [-0.15, -0.1) is 11.8 Å². The topological polar surface area (TPSA) is 45.1 Å². The van der Waals surface area contributed by atoms with Gasteiger partial charge < -0.3 is 10.4 Å². The van der Waals surface area contributed by atoms with Gasteiger partial charge in [-0.2, -0.15) is 0 Å². The first-order valence-corrected chi connectivity index (χ1v) is 8.38. The Bertz CT molecular complexity index is 430. The van der Waals surface area contributed by atoms with Gasteiger partial charge in [-0.1, -0.05) is 13.8 Å². The second kappa shape index (κ2) is 6.57. The van der Waals surface area contributed by atoms with Crippen LogP contribution in [0.5, 0.6) is 0 Å². The number of pyridine rings is 1. The molecule has 106 valence electrons. The number of nitrogens with one attached hydrogen (secondary N) is 1. The minimum Gasteiger partial charge on any atom is -0.394 e. The molecule has 2 unspecified atom stereocenters. The highest BCUT2D eigenvalue weighted by Gasteiger charge is 2.39. The lowest BCUT2D eigenvalue weighted by Gasteiger charge is -2.31. The molecule has 1 aromatic rings. The van der Waals surface area contributed by atoms with Crippen molar-refractivity contribution in [3.05, 3.63) is 22.8 Å². The third-order valence-corrected chi connectivity index (χ3v) is 5.65. The zero-order chi connectivity index (χ0) is 13.9. The number of thioether (sulfide) groups is 1. The number of halogens is 1. The summed E-state index contributed by atoms with van der Waals surface area (Å²) in [6, 6.07) is 4.36. The first-order valence-electron chi connectivity index (χ1n) is 6.70. The quantitative estimate of drug-likeness (QED) is 0.860. The summed E-state index contributed by atoms with van der Waals surface area (Å²) in [6.07, 6.45) is 4.97. The van der Waals surface area contributed by atoms with Gasteiger partial charge in [-0.25, -0.2) is 4.98 Å². The fraction of sp³-hybridized carbons (Fsp3) is 0.643. The largest absolute Gasteiger partial charge is 0.394 e. The Kier molecular flexibility index (Phi) is 5.29. The van der Waals surface area contributed by atoms with E-state index in [9.17, 15) is 5.11 Å². The number of rotatable bonds is 5. The maximum absolute atomic E-state index is 9.71. The van der Waals surface area contributed by atoms with Crippen LogP contribution in [-0.2, 0) is 0 Å². The second-order valence-electron chi connectivity index (χ2n) is 5.51. The Morgan fingerprint density at radius 3 is 3.05 bits per heavy atom. The molecule has 0 saturated heterocycles. The van der Waals surface area contributed by atoms with Crippen LogP contribution in [0, 0.1) is 0 Å². The van der Waals surface area contributed by atoms with E-state index < -0.39 is 0 Å². The molecule has 5 heteroatoms. The molecule has 0 radical (unpaired) electrons. The van der Waals surface area contributed by atoms with Gasteiger partial charge in [0.2, 0.25) is 0 Å². The summed E-state index contributed by atoms with van der Waals surface area (Å²) in [5.41, 5.74) is -0.104. The first-order chi connectivity index (χ1) is 9.04. The van der Waals surface area contributed by atoms with Crippen LogP contribution in [-0.4, -0.2) is 33.5 Å². The number of aliphatic hydroxyl groups excluding tert-OH is 1. The summed E-state index contributed by atoms with van der Waals surface area (Å²) in [5, 5.41) is 14.8. The molecule has 3 nitrogen and oxygen atoms in total. The van der Waals surface area contributed by atoms with Gasteiger partial charge in [0, 0.05) is 27.5 Å². The predicted octanol–water partition coefficient (Wildman–Crippen LogP) is 3.22. The minimum absolute atomic E-state index is 0.104. The van der Waals surface area contributed by atoms with Gasteiger partial charge >= 0.3 is 0 Å². The van der Waals surface area contributed by atoms with E-state index in [0.29, 0.717) is 11.3 Å². The van der Waals surface area contributed by atoms with Crippen molar-refractivity contribution < 1.29 is 5.11 Å². The lowest BCUT2D eigenvalue weighted by Crippen LogP contribution is -2.49. The normalized spacial score (nSPS) is 27.1. The summed E-state index contributed by atoms with van der Waals surface area (Å²) in [5.74, 6) is 0. The van der Waals surface area contributed by atoms with Crippen molar-refractivity contribution in [1.82, 2.24) is 10.3 Å². The molecule has 1 saturated carbocycles.